The van der Waals surface area contributed by atoms with E-state index in [1.807, 2.05) is 6.08 Å². The molecule has 0 aromatic carbocycles. The normalized spacial score (nSPS) is 23.5. The summed E-state index contributed by atoms with van der Waals surface area (Å²) in [6.07, 6.45) is 13.4. The summed E-state index contributed by atoms with van der Waals surface area (Å²) < 4.78 is 0. The molecule has 4 N–H and O–H groups in total. The van der Waals surface area contributed by atoms with Gasteiger partial charge in [0, 0.05) is 6.54 Å². The van der Waals surface area contributed by atoms with Crippen molar-refractivity contribution in [2.45, 2.75) is 75.9 Å². The molecule has 4 heterocycles. The number of dihydropyridines is 1. The van der Waals surface area contributed by atoms with E-state index in [0.29, 0.717) is 6.54 Å². The van der Waals surface area contributed by atoms with Gasteiger partial charge in [0.2, 0.25) is 0 Å². The summed E-state index contributed by atoms with van der Waals surface area (Å²) in [7, 11) is 9.67. The van der Waals surface area contributed by atoms with Crippen LogP contribution in [0.2, 0.25) is 0 Å². The molecule has 15 heteroatoms. The Balaban J connectivity index is 0.000000477. The number of carboxylic acids is 4. The van der Waals surface area contributed by atoms with Gasteiger partial charge in [0.15, 0.2) is 0 Å². The number of nitrogens with one attached hydrogen (secondary N) is 1. The second-order valence-corrected chi connectivity index (χ2v) is 11.0. The number of rotatable bonds is 4. The molecule has 4 aliphatic heterocycles. The predicted octanol–water partition coefficient (Wildman–Crippen LogP) is 3.15. The molecule has 0 spiro atoms. The number of carbonyl (C=O) groups is 4. The summed E-state index contributed by atoms with van der Waals surface area (Å²) in [6.45, 7) is 2.77. The number of nitrogens with zero attached hydrogens (tertiary/aromatic N) is 3. The van der Waals surface area contributed by atoms with Gasteiger partial charge in [0.05, 0.1) is 11.7 Å². The zero-order chi connectivity index (χ0) is 29.5. The number of aliphatic carboxylic acids is 4. The van der Waals surface area contributed by atoms with Crippen molar-refractivity contribution in [1.82, 2.24) is 5.32 Å². The van der Waals surface area contributed by atoms with Crippen molar-refractivity contribution in [3.8, 4) is 0 Å². The van der Waals surface area contributed by atoms with E-state index in [9.17, 15) is 24.3 Å². The molecule has 0 aliphatic carbocycles. The van der Waals surface area contributed by atoms with Gasteiger partial charge in [-0.1, -0.05) is 69.9 Å². The van der Waals surface area contributed by atoms with E-state index >= 15 is 0 Å². The number of hydrogen-bond acceptors (Lipinski definition) is 6. The SMILES string of the molecule is O=C(O)C1CCCC[N-]1.O=C(O)C1CCCC[N-]1.O=C(O)C1CCCC[N-]1.O=C([O-])C1=CC=CCN1.[Cl][Rh][Cl]. The molecule has 12 nitrogen and oxygen atoms in total. The van der Waals surface area contributed by atoms with Crippen LogP contribution in [-0.4, -0.2) is 83.5 Å². The summed E-state index contributed by atoms with van der Waals surface area (Å²) in [5, 5.41) is 49.8. The first-order valence-electron chi connectivity index (χ1n) is 12.5. The van der Waals surface area contributed by atoms with Gasteiger partial charge in [-0.25, -0.2) is 0 Å². The Hall–Kier alpha value is -1.76. The van der Waals surface area contributed by atoms with Crippen LogP contribution >= 0.6 is 19.4 Å². The van der Waals surface area contributed by atoms with Crippen molar-refractivity contribution in [2.24, 2.45) is 0 Å². The zero-order valence-corrected chi connectivity index (χ0v) is 24.6. The molecule has 227 valence electrons. The van der Waals surface area contributed by atoms with Crippen LogP contribution in [0.3, 0.4) is 0 Å². The number of halogens is 2. The van der Waals surface area contributed by atoms with Crippen LogP contribution in [0, 0.1) is 0 Å². The van der Waals surface area contributed by atoms with E-state index in [4.69, 9.17) is 34.7 Å². The molecule has 3 fully saturated rings. The maximum absolute atomic E-state index is 10.3. The molecule has 0 saturated carbocycles. The van der Waals surface area contributed by atoms with Gasteiger partial charge in [-0.15, -0.1) is 19.6 Å². The average molecular weight is 682 g/mol. The molecule has 3 unspecified atom stereocenters. The van der Waals surface area contributed by atoms with Crippen molar-refractivity contribution in [3.63, 3.8) is 0 Å². The van der Waals surface area contributed by atoms with Gasteiger partial charge in [-0.3, -0.25) is 14.4 Å². The third-order valence-corrected chi connectivity index (χ3v) is 5.59. The third-order valence-electron chi connectivity index (χ3n) is 5.59. The summed E-state index contributed by atoms with van der Waals surface area (Å²) >= 11 is -0.226. The molecule has 39 heavy (non-hydrogen) atoms. The topological polar surface area (TPSA) is 206 Å². The van der Waals surface area contributed by atoms with Crippen LogP contribution in [0.5, 0.6) is 0 Å². The van der Waals surface area contributed by atoms with Crippen molar-refractivity contribution >= 4 is 43.3 Å². The van der Waals surface area contributed by atoms with Gasteiger partial charge in [-0.2, -0.15) is 0 Å². The first-order chi connectivity index (χ1) is 18.6. The van der Waals surface area contributed by atoms with Crippen molar-refractivity contribution in [1.29, 1.82) is 0 Å². The van der Waals surface area contributed by atoms with Crippen LogP contribution in [0.1, 0.15) is 57.8 Å². The molecule has 0 bridgehead atoms. The minimum atomic E-state index is -1.15. The summed E-state index contributed by atoms with van der Waals surface area (Å²) in [6, 6.07) is -1.21. The van der Waals surface area contributed by atoms with Crippen molar-refractivity contribution < 1.29 is 54.7 Å². The number of hydrogen-bond donors (Lipinski definition) is 4. The standard InChI is InChI=1S/3C6H10NO2.C6H7NO2.2ClH.Rh/c4*8-6(9)5-3-1-2-4-7-5;;;/h3*5H,1-4H2,(H,8,9);1-3,7H,4H2,(H,8,9);2*1H;/q3*-1;;;;+2/p-3. The van der Waals surface area contributed by atoms with Gasteiger partial charge < -0.3 is 46.5 Å². The van der Waals surface area contributed by atoms with Crippen LogP contribution in [0.25, 0.3) is 16.0 Å². The van der Waals surface area contributed by atoms with E-state index < -0.39 is 42.0 Å². The van der Waals surface area contributed by atoms with Gasteiger partial charge >= 0.3 is 34.5 Å². The van der Waals surface area contributed by atoms with E-state index in [1.54, 1.807) is 6.08 Å². The average Bonchev–Trinajstić information content (AvgIpc) is 2.96. The maximum atomic E-state index is 10.3. The molecule has 0 radical (unpaired) electrons. The molecule has 0 aromatic rings. The molecule has 4 rings (SSSR count). The molecular formula is C24H36Cl2N4O8Rh-4. The van der Waals surface area contributed by atoms with E-state index in [-0.39, 0.29) is 20.8 Å². The van der Waals surface area contributed by atoms with Gasteiger partial charge in [-0.05, 0) is 24.2 Å². The monoisotopic (exact) mass is 681 g/mol. The van der Waals surface area contributed by atoms with Crippen LogP contribution in [-0.2, 0) is 34.3 Å². The Morgan fingerprint density at radius 3 is 1.28 bits per heavy atom. The quantitative estimate of drug-likeness (QED) is 0.321. The molecular weight excluding hydrogens is 646 g/mol. The van der Waals surface area contributed by atoms with Crippen LogP contribution < -0.4 is 10.4 Å². The number of carboxylic acid groups (broad SMARTS) is 4. The zero-order valence-electron chi connectivity index (χ0n) is 21.5. The van der Waals surface area contributed by atoms with Gasteiger partial charge in [0.1, 0.15) is 0 Å². The number of piperidine rings is 3. The van der Waals surface area contributed by atoms with E-state index in [1.165, 1.54) is 6.08 Å². The molecule has 4 aliphatic rings. The first-order valence-corrected chi connectivity index (χ1v) is 16.7. The third kappa shape index (κ3) is 19.9. The Morgan fingerprint density at radius 1 is 0.769 bits per heavy atom. The predicted molar refractivity (Wildman–Crippen MR) is 142 cm³/mol. The van der Waals surface area contributed by atoms with Crippen molar-refractivity contribution in [3.05, 3.63) is 39.9 Å². The second kappa shape index (κ2) is 24.1. The summed E-state index contributed by atoms with van der Waals surface area (Å²) in [5.74, 6) is -3.46. The Bertz CT molecular complexity index is 720. The second-order valence-electron chi connectivity index (χ2n) is 8.49. The van der Waals surface area contributed by atoms with Crippen LogP contribution in [0.4, 0.5) is 0 Å². The first kappa shape index (κ1) is 37.2. The summed E-state index contributed by atoms with van der Waals surface area (Å²) in [4.78, 5) is 40.9. The van der Waals surface area contributed by atoms with Crippen LogP contribution in [0.15, 0.2) is 23.9 Å². The molecule has 0 amide bonds. The van der Waals surface area contributed by atoms with Gasteiger partial charge in [0.25, 0.3) is 17.9 Å². The fourth-order valence-corrected chi connectivity index (χ4v) is 3.57. The Morgan fingerprint density at radius 2 is 1.13 bits per heavy atom. The molecule has 3 atom stereocenters. The van der Waals surface area contributed by atoms with E-state index in [2.05, 4.69) is 21.3 Å². The van der Waals surface area contributed by atoms with Crippen molar-refractivity contribution in [2.75, 3.05) is 26.2 Å². The number of carbonyl (C=O) groups excluding carboxylic acids is 1. The molecule has 0 aromatic heterocycles. The molecule has 3 saturated heterocycles. The fraction of sp³-hybridized carbons (Fsp3) is 0.667. The minimum absolute atomic E-state index is 0.150. The van der Waals surface area contributed by atoms with E-state index in [0.717, 1.165) is 77.4 Å². The Labute approximate surface area is 244 Å². The Kier molecular flexibility index (Phi) is 23.0. The fourth-order valence-electron chi connectivity index (χ4n) is 3.57. The number of allylic oxidation sites excluding steroid dienone is 2. The summed E-state index contributed by atoms with van der Waals surface area (Å²) in [5.41, 5.74) is 0.150.